The molecule has 0 spiro atoms. The van der Waals surface area contributed by atoms with Crippen LogP contribution in [0.1, 0.15) is 17.0 Å². The number of rotatable bonds is 4. The molecule has 1 fully saturated rings. The van der Waals surface area contributed by atoms with E-state index in [0.717, 1.165) is 22.6 Å². The van der Waals surface area contributed by atoms with E-state index in [1.54, 1.807) is 18.2 Å². The highest BCUT2D eigenvalue weighted by Crippen LogP contribution is 2.32. The van der Waals surface area contributed by atoms with Crippen LogP contribution in [-0.4, -0.2) is 16.0 Å². The van der Waals surface area contributed by atoms with E-state index in [9.17, 15) is 9.18 Å². The summed E-state index contributed by atoms with van der Waals surface area (Å²) in [5.41, 5.74) is 4.20. The number of thioether (sulfide) groups is 1. The van der Waals surface area contributed by atoms with Gasteiger partial charge in [0, 0.05) is 17.1 Å². The molecule has 1 aliphatic rings. The van der Waals surface area contributed by atoms with Gasteiger partial charge in [-0.25, -0.2) is 4.39 Å². The quantitative estimate of drug-likeness (QED) is 0.624. The smallest absolute Gasteiger partial charge is 0.260 e. The Bertz CT molecular complexity index is 1060. The van der Waals surface area contributed by atoms with Gasteiger partial charge < -0.3 is 15.2 Å². The van der Waals surface area contributed by atoms with E-state index in [1.165, 1.54) is 17.8 Å². The SMILES string of the molecule is Cc1cc(/C=C2\SC(Nc3ccccc3F)NC2=O)c(C)n1-c1ccccc1. The number of hydrogen-bond donors (Lipinski definition) is 2. The third-order valence-electron chi connectivity index (χ3n) is 4.66. The molecule has 1 aliphatic heterocycles. The Balaban J connectivity index is 1.58. The van der Waals surface area contributed by atoms with Gasteiger partial charge in [0.1, 0.15) is 5.82 Å². The van der Waals surface area contributed by atoms with Crippen LogP contribution in [0.3, 0.4) is 0 Å². The maximum Gasteiger partial charge on any atom is 0.260 e. The third kappa shape index (κ3) is 3.55. The molecule has 3 aromatic rings. The van der Waals surface area contributed by atoms with E-state index in [2.05, 4.69) is 33.4 Å². The highest BCUT2D eigenvalue weighted by atomic mass is 32.2. The number of aryl methyl sites for hydroxylation is 1. The van der Waals surface area contributed by atoms with Crippen molar-refractivity contribution in [3.63, 3.8) is 0 Å². The van der Waals surface area contributed by atoms with Crippen LogP contribution in [0.25, 0.3) is 11.8 Å². The summed E-state index contributed by atoms with van der Waals surface area (Å²) in [6.07, 6.45) is 1.89. The van der Waals surface area contributed by atoms with Gasteiger partial charge in [0.25, 0.3) is 5.91 Å². The van der Waals surface area contributed by atoms with Gasteiger partial charge in [-0.2, -0.15) is 0 Å². The van der Waals surface area contributed by atoms with Gasteiger partial charge in [0.2, 0.25) is 0 Å². The minimum atomic E-state index is -0.409. The number of para-hydroxylation sites is 2. The molecule has 28 heavy (non-hydrogen) atoms. The van der Waals surface area contributed by atoms with Crippen molar-refractivity contribution in [3.05, 3.63) is 88.3 Å². The maximum atomic E-state index is 13.8. The van der Waals surface area contributed by atoms with Crippen molar-refractivity contribution >= 4 is 29.4 Å². The Hall–Kier alpha value is -2.99. The molecular formula is C22H20FN3OS. The van der Waals surface area contributed by atoms with E-state index in [4.69, 9.17) is 0 Å². The zero-order chi connectivity index (χ0) is 19.7. The largest absolute Gasteiger partial charge is 0.354 e. The Labute approximate surface area is 167 Å². The minimum Gasteiger partial charge on any atom is -0.354 e. The minimum absolute atomic E-state index is 0.164. The number of carbonyl (C=O) groups is 1. The summed E-state index contributed by atoms with van der Waals surface area (Å²) in [6.45, 7) is 4.09. The van der Waals surface area contributed by atoms with Crippen molar-refractivity contribution in [2.75, 3.05) is 5.32 Å². The molecule has 4 nitrogen and oxygen atoms in total. The molecule has 1 unspecified atom stereocenters. The van der Waals surface area contributed by atoms with E-state index >= 15 is 0 Å². The number of anilines is 1. The molecule has 0 aliphatic carbocycles. The molecule has 0 radical (unpaired) electrons. The monoisotopic (exact) mass is 393 g/mol. The molecule has 142 valence electrons. The first-order chi connectivity index (χ1) is 13.5. The number of carbonyl (C=O) groups excluding carboxylic acids is 1. The number of aromatic nitrogens is 1. The fourth-order valence-corrected chi connectivity index (χ4v) is 4.30. The summed E-state index contributed by atoms with van der Waals surface area (Å²) >= 11 is 1.35. The molecule has 2 aromatic carbocycles. The summed E-state index contributed by atoms with van der Waals surface area (Å²) in [5, 5.41) is 5.87. The van der Waals surface area contributed by atoms with Crippen LogP contribution in [0.5, 0.6) is 0 Å². The first-order valence-electron chi connectivity index (χ1n) is 8.97. The molecule has 1 saturated heterocycles. The van der Waals surface area contributed by atoms with E-state index in [0.29, 0.717) is 10.6 Å². The summed E-state index contributed by atoms with van der Waals surface area (Å²) in [7, 11) is 0. The Morgan fingerprint density at radius 3 is 2.57 bits per heavy atom. The second-order valence-electron chi connectivity index (χ2n) is 6.60. The molecule has 0 saturated carbocycles. The lowest BCUT2D eigenvalue weighted by Crippen LogP contribution is -2.31. The molecular weight excluding hydrogens is 373 g/mol. The van der Waals surface area contributed by atoms with Crippen LogP contribution in [0.15, 0.2) is 65.6 Å². The first-order valence-corrected chi connectivity index (χ1v) is 9.85. The van der Waals surface area contributed by atoms with Gasteiger partial charge >= 0.3 is 0 Å². The van der Waals surface area contributed by atoms with Crippen molar-refractivity contribution in [2.24, 2.45) is 0 Å². The predicted molar refractivity (Wildman–Crippen MR) is 113 cm³/mol. The van der Waals surface area contributed by atoms with Crippen LogP contribution in [0, 0.1) is 19.7 Å². The Morgan fingerprint density at radius 2 is 1.82 bits per heavy atom. The number of nitrogens with one attached hydrogen (secondary N) is 2. The number of benzene rings is 2. The molecule has 1 atom stereocenters. The lowest BCUT2D eigenvalue weighted by atomic mass is 10.2. The second-order valence-corrected chi connectivity index (χ2v) is 7.75. The Kier molecular flexibility index (Phi) is 4.96. The van der Waals surface area contributed by atoms with Gasteiger partial charge in [0.05, 0.1) is 10.6 Å². The van der Waals surface area contributed by atoms with Crippen molar-refractivity contribution in [3.8, 4) is 5.69 Å². The predicted octanol–water partition coefficient (Wildman–Crippen LogP) is 4.83. The van der Waals surface area contributed by atoms with Crippen LogP contribution >= 0.6 is 11.8 Å². The van der Waals surface area contributed by atoms with Crippen LogP contribution < -0.4 is 10.6 Å². The number of nitrogens with zero attached hydrogens (tertiary/aromatic N) is 1. The molecule has 2 heterocycles. The summed E-state index contributed by atoms with van der Waals surface area (Å²) < 4.78 is 16.0. The normalized spacial score (nSPS) is 17.8. The summed E-state index contributed by atoms with van der Waals surface area (Å²) in [4.78, 5) is 13.0. The topological polar surface area (TPSA) is 46.1 Å². The summed E-state index contributed by atoms with van der Waals surface area (Å²) in [6, 6.07) is 18.6. The van der Waals surface area contributed by atoms with Crippen molar-refractivity contribution in [2.45, 2.75) is 19.3 Å². The Morgan fingerprint density at radius 1 is 1.11 bits per heavy atom. The highest BCUT2D eigenvalue weighted by molar-refractivity contribution is 8.05. The average molecular weight is 393 g/mol. The van der Waals surface area contributed by atoms with Gasteiger partial charge in [0.15, 0.2) is 5.50 Å². The molecule has 2 N–H and O–H groups in total. The maximum absolute atomic E-state index is 13.8. The molecule has 0 bridgehead atoms. The van der Waals surface area contributed by atoms with Crippen molar-refractivity contribution in [1.29, 1.82) is 0 Å². The van der Waals surface area contributed by atoms with Crippen molar-refractivity contribution in [1.82, 2.24) is 9.88 Å². The van der Waals surface area contributed by atoms with E-state index in [-0.39, 0.29) is 11.7 Å². The van der Waals surface area contributed by atoms with Gasteiger partial charge in [-0.1, -0.05) is 42.1 Å². The fourth-order valence-electron chi connectivity index (χ4n) is 3.33. The lowest BCUT2D eigenvalue weighted by molar-refractivity contribution is -0.116. The van der Waals surface area contributed by atoms with Gasteiger partial charge in [-0.3, -0.25) is 4.79 Å². The second kappa shape index (κ2) is 7.56. The van der Waals surface area contributed by atoms with E-state index in [1.807, 2.05) is 38.1 Å². The standard InChI is InChI=1S/C22H20FN3OS/c1-14-12-16(15(2)26(14)17-8-4-3-5-9-17)13-20-21(27)25-22(28-20)24-19-11-7-6-10-18(19)23/h3-13,22,24H,1-2H3,(H,25,27)/b20-13-. The van der Waals surface area contributed by atoms with Gasteiger partial charge in [-0.05, 0) is 55.8 Å². The number of halogens is 1. The highest BCUT2D eigenvalue weighted by Gasteiger charge is 2.28. The zero-order valence-corrected chi connectivity index (χ0v) is 16.4. The van der Waals surface area contributed by atoms with Crippen LogP contribution in [0.2, 0.25) is 0 Å². The average Bonchev–Trinajstić information content (AvgIpc) is 3.16. The van der Waals surface area contributed by atoms with Gasteiger partial charge in [-0.15, -0.1) is 0 Å². The van der Waals surface area contributed by atoms with Crippen molar-refractivity contribution < 1.29 is 9.18 Å². The molecule has 1 aromatic heterocycles. The number of hydrogen-bond acceptors (Lipinski definition) is 3. The third-order valence-corrected chi connectivity index (χ3v) is 5.69. The lowest BCUT2D eigenvalue weighted by Gasteiger charge is -2.12. The van der Waals surface area contributed by atoms with Crippen LogP contribution in [-0.2, 0) is 4.79 Å². The molecule has 6 heteroatoms. The first kappa shape index (κ1) is 18.4. The molecule has 4 rings (SSSR count). The van der Waals surface area contributed by atoms with E-state index < -0.39 is 5.50 Å². The number of amides is 1. The zero-order valence-electron chi connectivity index (χ0n) is 15.6. The fraction of sp³-hybridized carbons (Fsp3) is 0.136. The molecule has 1 amide bonds. The van der Waals surface area contributed by atoms with Crippen LogP contribution in [0.4, 0.5) is 10.1 Å². The summed E-state index contributed by atoms with van der Waals surface area (Å²) in [5.74, 6) is -0.510.